The molecule has 0 spiro atoms. The lowest BCUT2D eigenvalue weighted by atomic mass is 9.98. The third-order valence-corrected chi connectivity index (χ3v) is 2.81. The van der Waals surface area contributed by atoms with Gasteiger partial charge in [0.25, 0.3) is 0 Å². The highest BCUT2D eigenvalue weighted by Crippen LogP contribution is 2.14. The van der Waals surface area contributed by atoms with Gasteiger partial charge in [-0.1, -0.05) is 13.8 Å². The van der Waals surface area contributed by atoms with Crippen molar-refractivity contribution in [1.29, 1.82) is 0 Å². The first kappa shape index (κ1) is 16.2. The summed E-state index contributed by atoms with van der Waals surface area (Å²) in [6.07, 6.45) is 0.0122. The van der Waals surface area contributed by atoms with Gasteiger partial charge in [0.2, 0.25) is 0 Å². The number of carbonyl (C=O) groups is 2. The number of esters is 1. The maximum atomic E-state index is 11.4. The number of carboxylic acid groups (broad SMARTS) is 1. The average molecular weight is 267 g/mol. The number of aliphatic hydroxyl groups is 1. The van der Waals surface area contributed by atoms with Crippen LogP contribution >= 0.6 is 11.6 Å². The van der Waals surface area contributed by atoms with Crippen molar-refractivity contribution in [3.05, 3.63) is 0 Å². The largest absolute Gasteiger partial charge is 0.481 e. The highest BCUT2D eigenvalue weighted by molar-refractivity contribution is 6.18. The summed E-state index contributed by atoms with van der Waals surface area (Å²) in [7, 11) is 0. The Hall–Kier alpha value is -0.810. The molecule has 0 rings (SSSR count). The zero-order chi connectivity index (χ0) is 13.4. The molecule has 3 unspecified atom stereocenters. The first-order valence-electron chi connectivity index (χ1n) is 5.52. The minimum atomic E-state index is -0.872. The van der Waals surface area contributed by atoms with E-state index in [1.54, 1.807) is 13.8 Å². The third kappa shape index (κ3) is 7.18. The molecule has 2 N–H and O–H groups in total. The van der Waals surface area contributed by atoms with E-state index in [9.17, 15) is 9.59 Å². The zero-order valence-electron chi connectivity index (χ0n) is 10.1. The smallest absolute Gasteiger partial charge is 0.308 e. The molecule has 0 aromatic rings. The molecule has 0 saturated carbocycles. The topological polar surface area (TPSA) is 83.8 Å². The van der Waals surface area contributed by atoms with Crippen molar-refractivity contribution in [3.8, 4) is 0 Å². The fraction of sp³-hybridized carbons (Fsp3) is 0.818. The van der Waals surface area contributed by atoms with E-state index in [0.717, 1.165) is 0 Å². The first-order chi connectivity index (χ1) is 7.88. The molecule has 17 heavy (non-hydrogen) atoms. The number of hydrogen-bond acceptors (Lipinski definition) is 4. The van der Waals surface area contributed by atoms with E-state index in [2.05, 4.69) is 0 Å². The number of aliphatic hydroxyl groups excluding tert-OH is 1. The van der Waals surface area contributed by atoms with Gasteiger partial charge >= 0.3 is 11.9 Å². The van der Waals surface area contributed by atoms with Crippen LogP contribution in [0.4, 0.5) is 0 Å². The number of alkyl halides is 1. The van der Waals surface area contributed by atoms with E-state index in [1.807, 2.05) is 0 Å². The predicted molar refractivity (Wildman–Crippen MR) is 62.9 cm³/mol. The highest BCUT2D eigenvalue weighted by Gasteiger charge is 2.19. The summed E-state index contributed by atoms with van der Waals surface area (Å²) in [5, 5.41) is 17.8. The van der Waals surface area contributed by atoms with Gasteiger partial charge in [-0.3, -0.25) is 9.59 Å². The average Bonchev–Trinajstić information content (AvgIpc) is 2.31. The summed E-state index contributed by atoms with van der Waals surface area (Å²) in [6.45, 7) is 3.14. The Morgan fingerprint density at radius 3 is 2.24 bits per heavy atom. The molecular formula is C11H19ClO5. The Kier molecular flexibility index (Phi) is 7.91. The molecule has 0 amide bonds. The van der Waals surface area contributed by atoms with Gasteiger partial charge in [0.05, 0.1) is 17.7 Å². The second-order valence-corrected chi connectivity index (χ2v) is 4.46. The van der Waals surface area contributed by atoms with Gasteiger partial charge in [-0.15, -0.1) is 11.6 Å². The lowest BCUT2D eigenvalue weighted by Gasteiger charge is -2.14. The molecule has 5 nitrogen and oxygen atoms in total. The minimum Gasteiger partial charge on any atom is -0.481 e. The van der Waals surface area contributed by atoms with Gasteiger partial charge in [0.15, 0.2) is 0 Å². The molecule has 0 radical (unpaired) electrons. The Balaban J connectivity index is 3.86. The molecule has 100 valence electrons. The van der Waals surface area contributed by atoms with E-state index in [-0.39, 0.29) is 18.4 Å². The summed E-state index contributed by atoms with van der Waals surface area (Å²) in [6, 6.07) is 0. The van der Waals surface area contributed by atoms with E-state index < -0.39 is 24.0 Å². The summed E-state index contributed by atoms with van der Waals surface area (Å²) in [5.41, 5.74) is 0. The maximum absolute atomic E-state index is 11.4. The molecule has 0 aromatic carbocycles. The summed E-state index contributed by atoms with van der Waals surface area (Å²) < 4.78 is 4.83. The molecule has 0 heterocycles. The SMILES string of the molecule is CC(CCC(C)C(=O)OCC(O)CCl)C(=O)O. The van der Waals surface area contributed by atoms with E-state index in [0.29, 0.717) is 12.8 Å². The second kappa shape index (κ2) is 8.31. The lowest BCUT2D eigenvalue weighted by molar-refractivity contribution is -0.151. The number of rotatable bonds is 8. The van der Waals surface area contributed by atoms with Crippen LogP contribution in [0, 0.1) is 11.8 Å². The van der Waals surface area contributed by atoms with Crippen LogP contribution in [0.15, 0.2) is 0 Å². The molecule has 0 aliphatic rings. The Morgan fingerprint density at radius 2 is 1.76 bits per heavy atom. The molecule has 0 fully saturated rings. The van der Waals surface area contributed by atoms with Crippen molar-refractivity contribution in [2.75, 3.05) is 12.5 Å². The fourth-order valence-corrected chi connectivity index (χ4v) is 1.20. The van der Waals surface area contributed by atoms with E-state index in [4.69, 9.17) is 26.6 Å². The molecule has 0 aromatic heterocycles. The van der Waals surface area contributed by atoms with E-state index >= 15 is 0 Å². The third-order valence-electron chi connectivity index (χ3n) is 2.45. The van der Waals surface area contributed by atoms with Crippen LogP contribution in [0.25, 0.3) is 0 Å². The van der Waals surface area contributed by atoms with Crippen molar-refractivity contribution in [3.63, 3.8) is 0 Å². The van der Waals surface area contributed by atoms with Gasteiger partial charge in [-0.05, 0) is 12.8 Å². The zero-order valence-corrected chi connectivity index (χ0v) is 10.8. The summed E-state index contributed by atoms with van der Waals surface area (Å²) in [5.74, 6) is -2.15. The second-order valence-electron chi connectivity index (χ2n) is 4.16. The Labute approximate surface area is 106 Å². The molecule has 0 saturated heterocycles. The van der Waals surface area contributed by atoms with E-state index in [1.165, 1.54) is 0 Å². The molecule has 3 atom stereocenters. The van der Waals surface area contributed by atoms with Crippen LogP contribution in [0.1, 0.15) is 26.7 Å². The van der Waals surface area contributed by atoms with Crippen molar-refractivity contribution >= 4 is 23.5 Å². The van der Waals surface area contributed by atoms with Gasteiger partial charge in [-0.2, -0.15) is 0 Å². The maximum Gasteiger partial charge on any atom is 0.308 e. The summed E-state index contributed by atoms with van der Waals surface area (Å²) in [4.78, 5) is 22.0. The molecule has 0 aliphatic carbocycles. The van der Waals surface area contributed by atoms with Gasteiger partial charge in [0, 0.05) is 0 Å². The number of carbonyl (C=O) groups excluding carboxylic acids is 1. The monoisotopic (exact) mass is 266 g/mol. The minimum absolute atomic E-state index is 0.0116. The first-order valence-corrected chi connectivity index (χ1v) is 6.05. The number of carboxylic acids is 1. The normalized spacial score (nSPS) is 16.0. The standard InChI is InChI=1S/C11H19ClO5/c1-7(10(14)15)3-4-8(2)11(16)17-6-9(13)5-12/h7-9,13H,3-6H2,1-2H3,(H,14,15). The van der Waals surface area contributed by atoms with Crippen LogP contribution in [0.5, 0.6) is 0 Å². The number of halogens is 1. The quantitative estimate of drug-likeness (QED) is 0.510. The van der Waals surface area contributed by atoms with Crippen molar-refractivity contribution in [1.82, 2.24) is 0 Å². The van der Waals surface area contributed by atoms with Crippen molar-refractivity contribution in [2.45, 2.75) is 32.8 Å². The van der Waals surface area contributed by atoms with Crippen molar-refractivity contribution in [2.24, 2.45) is 11.8 Å². The van der Waals surface area contributed by atoms with Gasteiger partial charge in [-0.25, -0.2) is 0 Å². The number of ether oxygens (including phenoxy) is 1. The van der Waals surface area contributed by atoms with Crippen LogP contribution in [0.3, 0.4) is 0 Å². The van der Waals surface area contributed by atoms with Crippen LogP contribution < -0.4 is 0 Å². The summed E-state index contributed by atoms with van der Waals surface area (Å²) >= 11 is 5.35. The van der Waals surface area contributed by atoms with Crippen LogP contribution in [-0.2, 0) is 14.3 Å². The fourth-order valence-electron chi connectivity index (χ4n) is 1.11. The van der Waals surface area contributed by atoms with Gasteiger partial charge < -0.3 is 14.9 Å². The van der Waals surface area contributed by atoms with Crippen LogP contribution in [-0.4, -0.2) is 40.7 Å². The molecular weight excluding hydrogens is 248 g/mol. The number of hydrogen-bond donors (Lipinski definition) is 2. The van der Waals surface area contributed by atoms with Gasteiger partial charge in [0.1, 0.15) is 12.7 Å². The molecule has 0 aliphatic heterocycles. The molecule has 0 bridgehead atoms. The Bertz CT molecular complexity index is 256. The van der Waals surface area contributed by atoms with Crippen molar-refractivity contribution < 1.29 is 24.5 Å². The highest BCUT2D eigenvalue weighted by atomic mass is 35.5. The predicted octanol–water partition coefficient (Wildman–Crippen LogP) is 1.27. The van der Waals surface area contributed by atoms with Crippen LogP contribution in [0.2, 0.25) is 0 Å². The molecule has 6 heteroatoms. The lowest BCUT2D eigenvalue weighted by Crippen LogP contribution is -2.24. The number of aliphatic carboxylic acids is 1. The Morgan fingerprint density at radius 1 is 1.24 bits per heavy atom.